The maximum Gasteiger partial charge on any atom is 0.238 e. The van der Waals surface area contributed by atoms with Gasteiger partial charge in [-0.05, 0) is 44.4 Å². The molecule has 1 aromatic rings. The van der Waals surface area contributed by atoms with Crippen molar-refractivity contribution in [2.45, 2.75) is 37.1 Å². The second-order valence-electron chi connectivity index (χ2n) is 5.15. The van der Waals surface area contributed by atoms with Gasteiger partial charge in [0.1, 0.15) is 5.75 Å². The van der Waals surface area contributed by atoms with Crippen LogP contribution in [0.2, 0.25) is 0 Å². The number of benzene rings is 1. The first-order chi connectivity index (χ1) is 9.40. The van der Waals surface area contributed by atoms with E-state index < -0.39 is 15.6 Å². The average molecular weight is 360 g/mol. The van der Waals surface area contributed by atoms with Crippen LogP contribution >= 0.6 is 15.9 Å². The molecule has 1 aromatic carbocycles. The van der Waals surface area contributed by atoms with Gasteiger partial charge in [-0.3, -0.25) is 4.79 Å². The number of carbonyl (C=O) groups excluding carboxylic acids is 1. The number of nitrogens with zero attached hydrogens (tertiary/aromatic N) is 1. The number of piperidine rings is 1. The lowest BCUT2D eigenvalue weighted by Crippen LogP contribution is -2.44. The monoisotopic (exact) mass is 359 g/mol. The predicted octanol–water partition coefficient (Wildman–Crippen LogP) is 2.62. The highest BCUT2D eigenvalue weighted by atomic mass is 79.9. The van der Waals surface area contributed by atoms with Gasteiger partial charge >= 0.3 is 0 Å². The predicted molar refractivity (Wildman–Crippen MR) is 81.2 cm³/mol. The molecular weight excluding hydrogens is 342 g/mol. The van der Waals surface area contributed by atoms with Gasteiger partial charge in [-0.15, -0.1) is 0 Å². The fraction of sp³-hybridized carbons (Fsp3) is 0.500. The molecule has 0 bridgehead atoms. The van der Waals surface area contributed by atoms with Crippen LogP contribution < -0.4 is 0 Å². The van der Waals surface area contributed by atoms with Crippen LogP contribution in [0.1, 0.15) is 26.2 Å². The standard InChI is InChI=1S/C14H18BrNO3S/c1-11-5-2-3-8-16(11)14(17)10-20(18,19)13-7-4-6-12(15)9-13/h4,6-7,9,11H,2-3,5,8,10H2,1H3. The third kappa shape index (κ3) is 3.61. The molecule has 0 aliphatic carbocycles. The number of sulfone groups is 1. The summed E-state index contributed by atoms with van der Waals surface area (Å²) in [7, 11) is -3.58. The Balaban J connectivity index is 2.14. The average Bonchev–Trinajstić information content (AvgIpc) is 2.38. The van der Waals surface area contributed by atoms with Crippen molar-refractivity contribution in [3.05, 3.63) is 28.7 Å². The first-order valence-corrected chi connectivity index (χ1v) is 9.12. The van der Waals surface area contributed by atoms with Gasteiger partial charge in [-0.2, -0.15) is 0 Å². The Morgan fingerprint density at radius 3 is 2.80 bits per heavy atom. The fourth-order valence-corrected chi connectivity index (χ4v) is 4.26. The Bertz CT molecular complexity index is 600. The summed E-state index contributed by atoms with van der Waals surface area (Å²) in [5, 5.41) is 0. The van der Waals surface area contributed by atoms with Gasteiger partial charge in [0.25, 0.3) is 0 Å². The van der Waals surface area contributed by atoms with Gasteiger partial charge in [-0.1, -0.05) is 22.0 Å². The van der Waals surface area contributed by atoms with Crippen LogP contribution in [0.15, 0.2) is 33.6 Å². The van der Waals surface area contributed by atoms with Gasteiger partial charge in [0.15, 0.2) is 9.84 Å². The minimum absolute atomic E-state index is 0.133. The second kappa shape index (κ2) is 6.26. The zero-order valence-corrected chi connectivity index (χ0v) is 13.8. The zero-order chi connectivity index (χ0) is 14.8. The molecule has 1 aliphatic rings. The molecule has 0 aromatic heterocycles. The smallest absolute Gasteiger partial charge is 0.238 e. The maximum absolute atomic E-state index is 12.3. The van der Waals surface area contributed by atoms with Crippen LogP contribution in [0.3, 0.4) is 0 Å². The number of halogens is 1. The maximum atomic E-state index is 12.3. The summed E-state index contributed by atoms with van der Waals surface area (Å²) in [4.78, 5) is 14.1. The van der Waals surface area contributed by atoms with Gasteiger partial charge in [-0.25, -0.2) is 8.42 Å². The molecule has 4 nitrogen and oxygen atoms in total. The van der Waals surface area contributed by atoms with E-state index in [1.54, 1.807) is 17.0 Å². The number of hydrogen-bond acceptors (Lipinski definition) is 3. The molecule has 110 valence electrons. The van der Waals surface area contributed by atoms with Gasteiger partial charge in [0.2, 0.25) is 5.91 Å². The summed E-state index contributed by atoms with van der Waals surface area (Å²) in [6.45, 7) is 2.64. The molecule has 1 amide bonds. The topological polar surface area (TPSA) is 54.5 Å². The molecule has 0 saturated carbocycles. The SMILES string of the molecule is CC1CCCCN1C(=O)CS(=O)(=O)c1cccc(Br)c1. The minimum Gasteiger partial charge on any atom is -0.339 e. The summed E-state index contributed by atoms with van der Waals surface area (Å²) in [6.07, 6.45) is 3.00. The molecule has 1 heterocycles. The van der Waals surface area contributed by atoms with Gasteiger partial charge < -0.3 is 4.90 Å². The highest BCUT2D eigenvalue weighted by Crippen LogP contribution is 2.20. The van der Waals surface area contributed by atoms with E-state index in [1.807, 2.05) is 6.92 Å². The fourth-order valence-electron chi connectivity index (χ4n) is 2.46. The molecule has 2 rings (SSSR count). The molecule has 20 heavy (non-hydrogen) atoms. The Labute approximate surface area is 128 Å². The number of likely N-dealkylation sites (tertiary alicyclic amines) is 1. The van der Waals surface area contributed by atoms with Crippen molar-refractivity contribution < 1.29 is 13.2 Å². The Morgan fingerprint density at radius 1 is 1.40 bits per heavy atom. The summed E-state index contributed by atoms with van der Waals surface area (Å²) in [5.74, 6) is -0.745. The van der Waals surface area contributed by atoms with E-state index in [-0.39, 0.29) is 16.8 Å². The number of hydrogen-bond donors (Lipinski definition) is 0. The molecule has 6 heteroatoms. The van der Waals surface area contributed by atoms with Crippen molar-refractivity contribution in [2.75, 3.05) is 12.3 Å². The third-order valence-electron chi connectivity index (χ3n) is 3.59. The Kier molecular flexibility index (Phi) is 4.86. The summed E-state index contributed by atoms with van der Waals surface area (Å²) < 4.78 is 25.2. The first-order valence-electron chi connectivity index (χ1n) is 6.68. The van der Waals surface area contributed by atoms with E-state index >= 15 is 0 Å². The summed E-state index contributed by atoms with van der Waals surface area (Å²) >= 11 is 3.25. The molecule has 1 fully saturated rings. The van der Waals surface area contributed by atoms with E-state index in [1.165, 1.54) is 12.1 Å². The van der Waals surface area contributed by atoms with Crippen molar-refractivity contribution >= 4 is 31.7 Å². The molecule has 1 saturated heterocycles. The van der Waals surface area contributed by atoms with Crippen molar-refractivity contribution in [1.29, 1.82) is 0 Å². The summed E-state index contributed by atoms with van der Waals surface area (Å²) in [6, 6.07) is 6.60. The quantitative estimate of drug-likeness (QED) is 0.833. The van der Waals surface area contributed by atoms with Crippen molar-refractivity contribution in [1.82, 2.24) is 4.90 Å². The number of rotatable bonds is 3. The molecular formula is C14H18BrNO3S. The van der Waals surface area contributed by atoms with Crippen LogP contribution in [0, 0.1) is 0 Å². The molecule has 0 N–H and O–H groups in total. The summed E-state index contributed by atoms with van der Waals surface area (Å²) in [5.41, 5.74) is 0. The van der Waals surface area contributed by atoms with E-state index in [0.717, 1.165) is 19.3 Å². The second-order valence-corrected chi connectivity index (χ2v) is 8.05. The first kappa shape index (κ1) is 15.5. The van der Waals surface area contributed by atoms with Crippen LogP contribution in [-0.2, 0) is 14.6 Å². The molecule has 0 spiro atoms. The normalized spacial score (nSPS) is 19.9. The Morgan fingerprint density at radius 2 is 2.15 bits per heavy atom. The largest absolute Gasteiger partial charge is 0.339 e. The van der Waals surface area contributed by atoms with E-state index in [2.05, 4.69) is 15.9 Å². The molecule has 1 aliphatic heterocycles. The number of amides is 1. The Hall–Kier alpha value is -0.880. The van der Waals surface area contributed by atoms with Crippen molar-refractivity contribution in [3.8, 4) is 0 Å². The third-order valence-corrected chi connectivity index (χ3v) is 5.68. The van der Waals surface area contributed by atoms with E-state index in [4.69, 9.17) is 0 Å². The van der Waals surface area contributed by atoms with Gasteiger partial charge in [0.05, 0.1) is 4.90 Å². The highest BCUT2D eigenvalue weighted by Gasteiger charge is 2.28. The van der Waals surface area contributed by atoms with Crippen molar-refractivity contribution in [3.63, 3.8) is 0 Å². The zero-order valence-electron chi connectivity index (χ0n) is 11.4. The van der Waals surface area contributed by atoms with Crippen LogP contribution in [0.5, 0.6) is 0 Å². The molecule has 0 radical (unpaired) electrons. The van der Waals surface area contributed by atoms with Crippen LogP contribution in [0.25, 0.3) is 0 Å². The lowest BCUT2D eigenvalue weighted by Gasteiger charge is -2.33. The highest BCUT2D eigenvalue weighted by molar-refractivity contribution is 9.10. The lowest BCUT2D eigenvalue weighted by atomic mass is 10.0. The van der Waals surface area contributed by atoms with E-state index in [9.17, 15) is 13.2 Å². The lowest BCUT2D eigenvalue weighted by molar-refractivity contribution is -0.131. The van der Waals surface area contributed by atoms with Gasteiger partial charge in [0, 0.05) is 17.1 Å². The van der Waals surface area contributed by atoms with Crippen molar-refractivity contribution in [2.24, 2.45) is 0 Å². The molecule has 1 unspecified atom stereocenters. The van der Waals surface area contributed by atoms with Crippen LogP contribution in [0.4, 0.5) is 0 Å². The number of carbonyl (C=O) groups is 1. The minimum atomic E-state index is -3.58. The van der Waals surface area contributed by atoms with E-state index in [0.29, 0.717) is 11.0 Å². The van der Waals surface area contributed by atoms with Crippen LogP contribution in [-0.4, -0.2) is 37.6 Å². The molecule has 1 atom stereocenters.